The van der Waals surface area contributed by atoms with E-state index in [9.17, 15) is 4.79 Å². The highest BCUT2D eigenvalue weighted by atomic mass is 16.6. The number of carbonyl (C=O) groups excluding carboxylic acids is 1. The summed E-state index contributed by atoms with van der Waals surface area (Å²) in [5.74, 6) is 0. The molecule has 0 aliphatic rings. The van der Waals surface area contributed by atoms with E-state index in [2.05, 4.69) is 5.32 Å². The first-order valence-corrected chi connectivity index (χ1v) is 5.33. The first-order chi connectivity index (χ1) is 7.12. The summed E-state index contributed by atoms with van der Waals surface area (Å²) in [6, 6.07) is -0.535. The molecule has 0 heterocycles. The number of aliphatic hydroxyl groups is 2. The predicted molar refractivity (Wildman–Crippen MR) is 61.1 cm³/mol. The topological polar surface area (TPSA) is 78.8 Å². The van der Waals surface area contributed by atoms with Crippen molar-refractivity contribution in [1.82, 2.24) is 5.32 Å². The van der Waals surface area contributed by atoms with E-state index < -0.39 is 23.2 Å². The van der Waals surface area contributed by atoms with Gasteiger partial charge in [0, 0.05) is 5.41 Å². The number of rotatable bonds is 4. The summed E-state index contributed by atoms with van der Waals surface area (Å²) in [6.45, 7) is 8.42. The van der Waals surface area contributed by atoms with Gasteiger partial charge in [0.15, 0.2) is 0 Å². The van der Waals surface area contributed by atoms with Gasteiger partial charge in [-0.05, 0) is 20.8 Å². The minimum Gasteiger partial charge on any atom is -0.444 e. The summed E-state index contributed by atoms with van der Waals surface area (Å²) in [5, 5.41) is 20.8. The number of carbonyl (C=O) groups is 1. The first kappa shape index (κ1) is 15.2. The zero-order valence-corrected chi connectivity index (χ0v) is 10.7. The van der Waals surface area contributed by atoms with Crippen LogP contribution in [0.15, 0.2) is 0 Å². The Morgan fingerprint density at radius 2 is 1.75 bits per heavy atom. The quantitative estimate of drug-likeness (QED) is 0.674. The Hall–Kier alpha value is -0.810. The van der Waals surface area contributed by atoms with Crippen molar-refractivity contribution in [1.29, 1.82) is 0 Å². The Labute approximate surface area is 96.8 Å². The second-order valence-electron chi connectivity index (χ2n) is 5.53. The summed E-state index contributed by atoms with van der Waals surface area (Å²) in [6.07, 6.45) is -0.590. The number of hydrogen-bond donors (Lipinski definition) is 3. The van der Waals surface area contributed by atoms with Gasteiger partial charge in [-0.2, -0.15) is 0 Å². The second kappa shape index (κ2) is 5.50. The van der Waals surface area contributed by atoms with Gasteiger partial charge < -0.3 is 20.3 Å². The van der Waals surface area contributed by atoms with Crippen LogP contribution in [0.3, 0.4) is 0 Å². The fraction of sp³-hybridized carbons (Fsp3) is 0.909. The molecule has 0 saturated carbocycles. The van der Waals surface area contributed by atoms with Gasteiger partial charge in [0.2, 0.25) is 0 Å². The molecule has 0 radical (unpaired) electrons. The minimum atomic E-state index is -0.592. The van der Waals surface area contributed by atoms with Crippen LogP contribution in [-0.4, -0.2) is 41.2 Å². The van der Waals surface area contributed by atoms with Gasteiger partial charge in [0.05, 0.1) is 19.3 Å². The highest BCUT2D eigenvalue weighted by Gasteiger charge is 2.31. The van der Waals surface area contributed by atoms with Gasteiger partial charge in [-0.1, -0.05) is 13.8 Å². The molecule has 5 heteroatoms. The Bertz CT molecular complexity index is 233. The Morgan fingerprint density at radius 1 is 1.25 bits per heavy atom. The maximum Gasteiger partial charge on any atom is 0.407 e. The molecule has 0 aromatic carbocycles. The van der Waals surface area contributed by atoms with Crippen molar-refractivity contribution in [2.45, 2.75) is 46.3 Å². The van der Waals surface area contributed by atoms with E-state index in [-0.39, 0.29) is 13.2 Å². The van der Waals surface area contributed by atoms with Crippen molar-refractivity contribution in [3.8, 4) is 0 Å². The van der Waals surface area contributed by atoms with Crippen LogP contribution in [0.5, 0.6) is 0 Å². The molecule has 5 nitrogen and oxygen atoms in total. The van der Waals surface area contributed by atoms with Crippen molar-refractivity contribution in [3.63, 3.8) is 0 Å². The van der Waals surface area contributed by atoms with Crippen LogP contribution in [0.25, 0.3) is 0 Å². The average Bonchev–Trinajstić information content (AvgIpc) is 2.11. The molecule has 0 saturated heterocycles. The molecule has 3 N–H and O–H groups in total. The van der Waals surface area contributed by atoms with Gasteiger partial charge in [-0.3, -0.25) is 0 Å². The van der Waals surface area contributed by atoms with Gasteiger partial charge in [-0.15, -0.1) is 0 Å². The molecular weight excluding hydrogens is 210 g/mol. The summed E-state index contributed by atoms with van der Waals surface area (Å²) in [7, 11) is 0. The van der Waals surface area contributed by atoms with Crippen molar-refractivity contribution in [3.05, 3.63) is 0 Å². The molecular formula is C11H23NO4. The molecule has 0 aromatic rings. The minimum absolute atomic E-state index is 0.131. The molecule has 96 valence electrons. The van der Waals surface area contributed by atoms with Crippen LogP contribution in [0.4, 0.5) is 4.79 Å². The second-order valence-corrected chi connectivity index (χ2v) is 5.53. The molecule has 1 atom stereocenters. The maximum atomic E-state index is 11.5. The fourth-order valence-corrected chi connectivity index (χ4v) is 1.05. The molecule has 0 bridgehead atoms. The third-order valence-corrected chi connectivity index (χ3v) is 2.22. The lowest BCUT2D eigenvalue weighted by Crippen LogP contribution is -2.50. The Kier molecular flexibility index (Phi) is 5.22. The summed E-state index contributed by atoms with van der Waals surface area (Å²) >= 11 is 0. The average molecular weight is 233 g/mol. The van der Waals surface area contributed by atoms with Gasteiger partial charge in [-0.25, -0.2) is 4.79 Å². The fourth-order valence-electron chi connectivity index (χ4n) is 1.05. The van der Waals surface area contributed by atoms with Crippen LogP contribution in [0.2, 0.25) is 0 Å². The van der Waals surface area contributed by atoms with Gasteiger partial charge in [0.25, 0.3) is 0 Å². The number of hydrogen-bond acceptors (Lipinski definition) is 4. The maximum absolute atomic E-state index is 11.5. The smallest absolute Gasteiger partial charge is 0.407 e. The zero-order chi connectivity index (χ0) is 13.0. The molecule has 0 aromatic heterocycles. The molecule has 0 spiro atoms. The molecule has 1 amide bonds. The van der Waals surface area contributed by atoms with E-state index in [0.29, 0.717) is 0 Å². The highest BCUT2D eigenvalue weighted by Crippen LogP contribution is 2.19. The van der Waals surface area contributed by atoms with E-state index >= 15 is 0 Å². The molecule has 0 aliphatic carbocycles. The molecule has 0 aliphatic heterocycles. The van der Waals surface area contributed by atoms with E-state index in [1.165, 1.54) is 0 Å². The monoisotopic (exact) mass is 233 g/mol. The van der Waals surface area contributed by atoms with Crippen molar-refractivity contribution in [2.24, 2.45) is 5.41 Å². The van der Waals surface area contributed by atoms with Gasteiger partial charge >= 0.3 is 6.09 Å². The molecule has 0 rings (SSSR count). The third-order valence-electron chi connectivity index (χ3n) is 2.22. The van der Waals surface area contributed by atoms with Crippen LogP contribution in [-0.2, 0) is 4.74 Å². The standard InChI is InChI=1S/C11H23NO4/c1-10(2,3)16-9(15)12-8(6-13)11(4,5)7-14/h8,13-14H,6-7H2,1-5H3,(H,12,15)/t8-/m1/s1. The third kappa shape index (κ3) is 5.32. The lowest BCUT2D eigenvalue weighted by atomic mass is 9.86. The molecule has 0 unspecified atom stereocenters. The first-order valence-electron chi connectivity index (χ1n) is 5.33. The Balaban J connectivity index is 4.40. The predicted octanol–water partition coefficient (Wildman–Crippen LogP) is 0.891. The van der Waals surface area contributed by atoms with E-state index in [0.717, 1.165) is 0 Å². The van der Waals surface area contributed by atoms with Crippen molar-refractivity contribution < 1.29 is 19.7 Å². The summed E-state index contributed by atoms with van der Waals surface area (Å²) in [4.78, 5) is 11.5. The lowest BCUT2D eigenvalue weighted by molar-refractivity contribution is 0.0326. The number of alkyl carbamates (subject to hydrolysis) is 1. The molecule has 0 fully saturated rings. The van der Waals surface area contributed by atoms with Crippen LogP contribution < -0.4 is 5.32 Å². The summed E-state index contributed by atoms with van der Waals surface area (Å²) < 4.78 is 5.07. The largest absolute Gasteiger partial charge is 0.444 e. The van der Waals surface area contributed by atoms with Crippen LogP contribution in [0, 0.1) is 5.41 Å². The zero-order valence-electron chi connectivity index (χ0n) is 10.7. The number of amides is 1. The van der Waals surface area contributed by atoms with E-state index in [1.54, 1.807) is 34.6 Å². The molecule has 16 heavy (non-hydrogen) atoms. The normalized spacial score (nSPS) is 14.4. The highest BCUT2D eigenvalue weighted by molar-refractivity contribution is 5.68. The van der Waals surface area contributed by atoms with E-state index in [4.69, 9.17) is 14.9 Å². The van der Waals surface area contributed by atoms with Crippen LogP contribution in [0.1, 0.15) is 34.6 Å². The number of ether oxygens (including phenoxy) is 1. The lowest BCUT2D eigenvalue weighted by Gasteiger charge is -2.32. The number of nitrogens with one attached hydrogen (secondary N) is 1. The van der Waals surface area contributed by atoms with Crippen molar-refractivity contribution >= 4 is 6.09 Å². The van der Waals surface area contributed by atoms with E-state index in [1.807, 2.05) is 0 Å². The SMILES string of the molecule is CC(C)(C)OC(=O)N[C@H](CO)C(C)(C)CO. The van der Waals surface area contributed by atoms with Crippen molar-refractivity contribution in [2.75, 3.05) is 13.2 Å². The summed E-state index contributed by atoms with van der Waals surface area (Å²) in [5.41, 5.74) is -1.17. The van der Waals surface area contributed by atoms with Crippen LogP contribution >= 0.6 is 0 Å². The van der Waals surface area contributed by atoms with Gasteiger partial charge in [0.1, 0.15) is 5.60 Å². The number of aliphatic hydroxyl groups excluding tert-OH is 2. The Morgan fingerprint density at radius 3 is 2.06 bits per heavy atom.